The topological polar surface area (TPSA) is 207 Å². The van der Waals surface area contributed by atoms with Crippen LogP contribution in [0.5, 0.6) is 0 Å². The molecule has 3 rings (SSSR count). The number of hydrogen-bond donors (Lipinski definition) is 6. The SMILES string of the molecule is CC(C)C[C@H](NC(=O)C1(NC(=O)[C@H](CC2CCCCC2)NC(=O)[C@@H]2CCCC[C@H]2C(=O)O)CC1C(=O)O)C([NH3+])=O. The van der Waals surface area contributed by atoms with Gasteiger partial charge >= 0.3 is 17.8 Å². The Balaban J connectivity index is 1.81. The molecule has 0 spiro atoms. The molecule has 0 aliphatic heterocycles. The van der Waals surface area contributed by atoms with Gasteiger partial charge in [-0.3, -0.25) is 29.7 Å². The third-order valence-electron chi connectivity index (χ3n) is 8.76. The zero-order valence-electron chi connectivity index (χ0n) is 23.6. The Hall–Kier alpha value is -3.02. The molecule has 0 bridgehead atoms. The van der Waals surface area contributed by atoms with Crippen molar-refractivity contribution >= 4 is 35.6 Å². The van der Waals surface area contributed by atoms with E-state index in [0.717, 1.165) is 32.1 Å². The maximum absolute atomic E-state index is 13.7. The second kappa shape index (κ2) is 13.6. The van der Waals surface area contributed by atoms with Gasteiger partial charge in [-0.15, -0.1) is 0 Å². The van der Waals surface area contributed by atoms with Gasteiger partial charge in [0.15, 0.2) is 0 Å². The molecule has 0 aromatic rings. The number of amides is 4. The van der Waals surface area contributed by atoms with Crippen LogP contribution in [0.1, 0.15) is 90.9 Å². The van der Waals surface area contributed by atoms with Crippen LogP contribution < -0.4 is 21.7 Å². The minimum atomic E-state index is -1.75. The Morgan fingerprint density at radius 1 is 0.825 bits per heavy atom. The number of carboxylic acids is 2. The Morgan fingerprint density at radius 2 is 1.43 bits per heavy atom. The molecule has 3 aliphatic rings. The zero-order valence-corrected chi connectivity index (χ0v) is 23.6. The average Bonchev–Trinajstić information content (AvgIpc) is 3.63. The maximum Gasteiger partial charge on any atom is 0.331 e. The van der Waals surface area contributed by atoms with Gasteiger partial charge < -0.3 is 26.2 Å². The highest BCUT2D eigenvalue weighted by Gasteiger charge is 2.66. The molecule has 0 radical (unpaired) electrons. The van der Waals surface area contributed by atoms with Gasteiger partial charge in [-0.25, -0.2) is 4.79 Å². The standard InChI is InChI=1S/C28H44N4O8/c1-15(2)12-20(22(29)33)31-27(40)28(14-19(28)26(38)39)32-24(35)21(13-16-8-4-3-5-9-16)30-23(34)17-10-6-7-11-18(17)25(36)37/h15-21H,3-14H2,1-2H3,(H2,29,33)(H,30,34)(H,31,40)(H,32,35)(H,36,37)(H,38,39)/p+1/t17-,18-,19?,20+,21+,28?/m1/s1. The van der Waals surface area contributed by atoms with Crippen molar-refractivity contribution in [3.63, 3.8) is 0 Å². The monoisotopic (exact) mass is 565 g/mol. The van der Waals surface area contributed by atoms with Crippen molar-refractivity contribution < 1.29 is 44.7 Å². The van der Waals surface area contributed by atoms with Crippen LogP contribution in [0.4, 0.5) is 0 Å². The van der Waals surface area contributed by atoms with Crippen LogP contribution in [0.2, 0.25) is 0 Å². The lowest BCUT2D eigenvalue weighted by Crippen LogP contribution is -2.68. The number of nitrogens with one attached hydrogen (secondary N) is 3. The molecule has 40 heavy (non-hydrogen) atoms. The van der Waals surface area contributed by atoms with E-state index in [1.165, 1.54) is 0 Å². The number of quaternary nitrogens is 1. The van der Waals surface area contributed by atoms with Crippen molar-refractivity contribution in [1.82, 2.24) is 16.0 Å². The van der Waals surface area contributed by atoms with Crippen molar-refractivity contribution in [2.75, 3.05) is 0 Å². The van der Waals surface area contributed by atoms with E-state index < -0.39 is 70.9 Å². The summed E-state index contributed by atoms with van der Waals surface area (Å²) in [5, 5.41) is 27.3. The number of rotatable bonds is 13. The van der Waals surface area contributed by atoms with Crippen LogP contribution in [-0.4, -0.2) is 63.4 Å². The first-order valence-corrected chi connectivity index (χ1v) is 14.6. The molecule has 12 heteroatoms. The molecule has 12 nitrogen and oxygen atoms in total. The van der Waals surface area contributed by atoms with Crippen LogP contribution in [-0.2, 0) is 28.8 Å². The predicted molar refractivity (Wildman–Crippen MR) is 142 cm³/mol. The van der Waals surface area contributed by atoms with Crippen molar-refractivity contribution in [1.29, 1.82) is 0 Å². The maximum atomic E-state index is 13.7. The van der Waals surface area contributed by atoms with Crippen LogP contribution in [0.3, 0.4) is 0 Å². The van der Waals surface area contributed by atoms with E-state index in [1.54, 1.807) is 0 Å². The van der Waals surface area contributed by atoms with Gasteiger partial charge in [-0.1, -0.05) is 58.8 Å². The third kappa shape index (κ3) is 7.80. The third-order valence-corrected chi connectivity index (χ3v) is 8.76. The summed E-state index contributed by atoms with van der Waals surface area (Å²) in [6.45, 7) is 3.74. The number of carbonyl (C=O) groups excluding carboxylic acids is 4. The summed E-state index contributed by atoms with van der Waals surface area (Å²) in [6, 6.07) is -1.97. The van der Waals surface area contributed by atoms with E-state index in [1.807, 2.05) is 13.8 Å². The Morgan fingerprint density at radius 3 is 1.95 bits per heavy atom. The van der Waals surface area contributed by atoms with E-state index in [4.69, 9.17) is 0 Å². The second-order valence-electron chi connectivity index (χ2n) is 12.3. The Labute approximate surface area is 234 Å². The van der Waals surface area contributed by atoms with Crippen molar-refractivity contribution in [2.24, 2.45) is 29.6 Å². The molecule has 0 heterocycles. The molecule has 4 amide bonds. The Kier molecular flexibility index (Phi) is 10.7. The molecule has 224 valence electrons. The highest BCUT2D eigenvalue weighted by molar-refractivity contribution is 6.03. The second-order valence-corrected chi connectivity index (χ2v) is 12.3. The fraction of sp³-hybridized carbons (Fsp3) is 0.786. The van der Waals surface area contributed by atoms with Crippen LogP contribution >= 0.6 is 0 Å². The highest BCUT2D eigenvalue weighted by atomic mass is 16.4. The summed E-state index contributed by atoms with van der Waals surface area (Å²) < 4.78 is 0. The van der Waals surface area contributed by atoms with Gasteiger partial charge in [0.25, 0.3) is 0 Å². The van der Waals surface area contributed by atoms with Gasteiger partial charge in [-0.2, -0.15) is 0 Å². The highest BCUT2D eigenvalue weighted by Crippen LogP contribution is 2.44. The molecule has 6 atom stereocenters. The molecule has 2 unspecified atom stereocenters. The number of carbonyl (C=O) groups is 6. The minimum Gasteiger partial charge on any atom is -0.481 e. The largest absolute Gasteiger partial charge is 0.481 e. The first kappa shape index (κ1) is 31.5. The molecule has 3 aliphatic carbocycles. The molecule has 0 aromatic heterocycles. The van der Waals surface area contributed by atoms with Crippen molar-refractivity contribution in [3.05, 3.63) is 0 Å². The lowest BCUT2D eigenvalue weighted by atomic mass is 9.78. The predicted octanol–water partition coefficient (Wildman–Crippen LogP) is 0.592. The van der Waals surface area contributed by atoms with Crippen LogP contribution in [0.25, 0.3) is 0 Å². The molecule has 8 N–H and O–H groups in total. The van der Waals surface area contributed by atoms with Gasteiger partial charge in [-0.05, 0) is 43.9 Å². The minimum absolute atomic E-state index is 0.0560. The lowest BCUT2D eigenvalue weighted by molar-refractivity contribution is -0.308. The first-order chi connectivity index (χ1) is 18.9. The smallest absolute Gasteiger partial charge is 0.331 e. The van der Waals surface area contributed by atoms with Gasteiger partial charge in [0.05, 0.1) is 17.8 Å². The molecule has 0 aromatic carbocycles. The molecule has 0 saturated heterocycles. The molecular weight excluding hydrogens is 520 g/mol. The van der Waals surface area contributed by atoms with E-state index in [9.17, 15) is 39.0 Å². The summed E-state index contributed by atoms with van der Waals surface area (Å²) in [5.74, 6) is -7.33. The zero-order chi connectivity index (χ0) is 29.6. The van der Waals surface area contributed by atoms with E-state index in [0.29, 0.717) is 38.5 Å². The summed E-state index contributed by atoms with van der Waals surface area (Å²) in [6.07, 6.45) is 7.56. The van der Waals surface area contributed by atoms with Gasteiger partial charge in [0.1, 0.15) is 17.6 Å². The summed E-state index contributed by atoms with van der Waals surface area (Å²) in [7, 11) is 0. The van der Waals surface area contributed by atoms with Gasteiger partial charge in [0.2, 0.25) is 17.7 Å². The summed E-state index contributed by atoms with van der Waals surface area (Å²) in [4.78, 5) is 76.1. The molecule has 3 saturated carbocycles. The number of hydrogen-bond acceptors (Lipinski definition) is 6. The Bertz CT molecular complexity index is 995. The molecular formula is C28H45N4O8+. The lowest BCUT2D eigenvalue weighted by Gasteiger charge is -2.32. The van der Waals surface area contributed by atoms with Crippen molar-refractivity contribution in [3.8, 4) is 0 Å². The fourth-order valence-electron chi connectivity index (χ4n) is 6.35. The quantitative estimate of drug-likeness (QED) is 0.186. The van der Waals surface area contributed by atoms with Crippen molar-refractivity contribution in [2.45, 2.75) is 109 Å². The average molecular weight is 566 g/mol. The summed E-state index contributed by atoms with van der Waals surface area (Å²) in [5.41, 5.74) is 1.65. The summed E-state index contributed by atoms with van der Waals surface area (Å²) >= 11 is 0. The number of carboxylic acid groups (broad SMARTS) is 2. The fourth-order valence-corrected chi connectivity index (χ4v) is 6.35. The van der Waals surface area contributed by atoms with E-state index in [2.05, 4.69) is 21.7 Å². The van der Waals surface area contributed by atoms with Crippen LogP contribution in [0.15, 0.2) is 0 Å². The van der Waals surface area contributed by atoms with Crippen LogP contribution in [0, 0.1) is 29.6 Å². The van der Waals surface area contributed by atoms with E-state index in [-0.39, 0.29) is 18.3 Å². The normalized spacial score (nSPS) is 28.1. The molecule has 3 fully saturated rings. The first-order valence-electron chi connectivity index (χ1n) is 14.6. The van der Waals surface area contributed by atoms with E-state index >= 15 is 0 Å². The van der Waals surface area contributed by atoms with Gasteiger partial charge in [0, 0.05) is 0 Å². The number of aliphatic carboxylic acids is 2.